The molecule has 170 valence electrons. The summed E-state index contributed by atoms with van der Waals surface area (Å²) in [5.41, 5.74) is 4.81. The Kier molecular flexibility index (Phi) is 7.19. The van der Waals surface area contributed by atoms with E-state index in [0.717, 1.165) is 73.9 Å². The quantitative estimate of drug-likeness (QED) is 0.536. The van der Waals surface area contributed by atoms with E-state index in [9.17, 15) is 4.39 Å². The Bertz CT molecular complexity index is 1040. The van der Waals surface area contributed by atoms with E-state index < -0.39 is 0 Å². The van der Waals surface area contributed by atoms with E-state index >= 15 is 0 Å². The standard InChI is InChI=1S/C25H31FN4O2/c1-19-6-4-5-7-23(19)30-18-21(17-29-12-10-28(11-13-29)14-15-31-2)25(27-30)20-8-9-24(32-3)22(26)16-20/h4-9,16,18H,10-15,17H2,1-3H3. The lowest BCUT2D eigenvalue weighted by Gasteiger charge is -2.34. The Labute approximate surface area is 189 Å². The van der Waals surface area contributed by atoms with Crippen LogP contribution in [0.25, 0.3) is 16.9 Å². The molecule has 0 saturated carbocycles. The third-order valence-corrected chi connectivity index (χ3v) is 6.05. The van der Waals surface area contributed by atoms with E-state index in [2.05, 4.69) is 35.1 Å². The van der Waals surface area contributed by atoms with Gasteiger partial charge in [0, 0.05) is 63.7 Å². The second-order valence-electron chi connectivity index (χ2n) is 8.19. The number of rotatable bonds is 8. The largest absolute Gasteiger partial charge is 0.494 e. The maximum atomic E-state index is 14.5. The number of para-hydroxylation sites is 1. The monoisotopic (exact) mass is 438 g/mol. The van der Waals surface area contributed by atoms with Crippen LogP contribution < -0.4 is 4.74 Å². The molecule has 2 heterocycles. The maximum absolute atomic E-state index is 14.5. The van der Waals surface area contributed by atoms with E-state index in [1.54, 1.807) is 13.2 Å². The van der Waals surface area contributed by atoms with Crippen molar-refractivity contribution in [2.24, 2.45) is 0 Å². The minimum absolute atomic E-state index is 0.237. The number of aromatic nitrogens is 2. The number of hydrogen-bond donors (Lipinski definition) is 0. The molecule has 1 saturated heterocycles. The molecular formula is C25H31FN4O2. The summed E-state index contributed by atoms with van der Waals surface area (Å²) in [6.07, 6.45) is 2.08. The van der Waals surface area contributed by atoms with Gasteiger partial charge >= 0.3 is 0 Å². The van der Waals surface area contributed by atoms with Gasteiger partial charge in [0.2, 0.25) is 0 Å². The molecule has 0 amide bonds. The van der Waals surface area contributed by atoms with Gasteiger partial charge in [-0.05, 0) is 36.8 Å². The fourth-order valence-electron chi connectivity index (χ4n) is 4.16. The highest BCUT2D eigenvalue weighted by atomic mass is 19.1. The molecule has 1 aliphatic heterocycles. The van der Waals surface area contributed by atoms with Gasteiger partial charge in [-0.25, -0.2) is 9.07 Å². The number of methoxy groups -OCH3 is 2. The van der Waals surface area contributed by atoms with Gasteiger partial charge in [0.15, 0.2) is 11.6 Å². The Hall–Kier alpha value is -2.74. The summed E-state index contributed by atoms with van der Waals surface area (Å²) in [4.78, 5) is 4.86. The zero-order valence-electron chi connectivity index (χ0n) is 19.1. The molecule has 32 heavy (non-hydrogen) atoms. The van der Waals surface area contributed by atoms with Crippen molar-refractivity contribution in [1.82, 2.24) is 19.6 Å². The Morgan fingerprint density at radius 1 is 1.00 bits per heavy atom. The van der Waals surface area contributed by atoms with Crippen molar-refractivity contribution in [3.8, 4) is 22.7 Å². The van der Waals surface area contributed by atoms with Crippen LogP contribution in [0.1, 0.15) is 11.1 Å². The van der Waals surface area contributed by atoms with Crippen LogP contribution in [0.15, 0.2) is 48.7 Å². The van der Waals surface area contributed by atoms with Gasteiger partial charge in [-0.1, -0.05) is 18.2 Å². The van der Waals surface area contributed by atoms with E-state index in [4.69, 9.17) is 14.6 Å². The number of nitrogens with zero attached hydrogens (tertiary/aromatic N) is 4. The number of benzene rings is 2. The van der Waals surface area contributed by atoms with Gasteiger partial charge in [0.1, 0.15) is 0 Å². The van der Waals surface area contributed by atoms with Crippen LogP contribution in [0.5, 0.6) is 5.75 Å². The average Bonchev–Trinajstić information content (AvgIpc) is 3.22. The summed E-state index contributed by atoms with van der Waals surface area (Å²) < 4.78 is 26.7. The van der Waals surface area contributed by atoms with Crippen molar-refractivity contribution in [1.29, 1.82) is 0 Å². The molecule has 0 atom stereocenters. The molecule has 0 spiro atoms. The Morgan fingerprint density at radius 3 is 2.44 bits per heavy atom. The van der Waals surface area contributed by atoms with Crippen molar-refractivity contribution >= 4 is 0 Å². The summed E-state index contributed by atoms with van der Waals surface area (Å²) >= 11 is 0. The van der Waals surface area contributed by atoms with E-state index in [-0.39, 0.29) is 11.6 Å². The molecule has 0 unspecified atom stereocenters. The van der Waals surface area contributed by atoms with Crippen molar-refractivity contribution in [2.45, 2.75) is 13.5 Å². The average molecular weight is 439 g/mol. The maximum Gasteiger partial charge on any atom is 0.165 e. The number of piperazine rings is 1. The molecule has 0 aliphatic carbocycles. The molecule has 1 aliphatic rings. The van der Waals surface area contributed by atoms with Gasteiger partial charge < -0.3 is 9.47 Å². The van der Waals surface area contributed by atoms with E-state index in [1.807, 2.05) is 22.9 Å². The summed E-state index contributed by atoms with van der Waals surface area (Å²) in [5.74, 6) is -0.144. The fourth-order valence-corrected chi connectivity index (χ4v) is 4.16. The van der Waals surface area contributed by atoms with E-state index in [1.165, 1.54) is 13.2 Å². The number of aryl methyl sites for hydroxylation is 1. The highest BCUT2D eigenvalue weighted by molar-refractivity contribution is 5.64. The van der Waals surface area contributed by atoms with Gasteiger partial charge in [0.25, 0.3) is 0 Å². The molecule has 1 fully saturated rings. The summed E-state index contributed by atoms with van der Waals surface area (Å²) in [7, 11) is 3.22. The zero-order valence-corrected chi connectivity index (χ0v) is 19.1. The first-order valence-electron chi connectivity index (χ1n) is 11.0. The Balaban J connectivity index is 1.62. The fraction of sp³-hybridized carbons (Fsp3) is 0.400. The van der Waals surface area contributed by atoms with Gasteiger partial charge in [0.05, 0.1) is 25.1 Å². The van der Waals surface area contributed by atoms with Crippen LogP contribution >= 0.6 is 0 Å². The highest BCUT2D eigenvalue weighted by Gasteiger charge is 2.21. The van der Waals surface area contributed by atoms with Crippen LogP contribution in [-0.4, -0.2) is 73.1 Å². The normalized spacial score (nSPS) is 15.2. The molecular weight excluding hydrogens is 407 g/mol. The molecule has 2 aromatic carbocycles. The predicted octanol–water partition coefficient (Wildman–Crippen LogP) is 3.76. The topological polar surface area (TPSA) is 42.8 Å². The Morgan fingerprint density at radius 2 is 1.75 bits per heavy atom. The van der Waals surface area contributed by atoms with Gasteiger partial charge in [-0.15, -0.1) is 0 Å². The molecule has 1 aromatic heterocycles. The number of hydrogen-bond acceptors (Lipinski definition) is 5. The van der Waals surface area contributed by atoms with Gasteiger partial charge in [-0.3, -0.25) is 9.80 Å². The van der Waals surface area contributed by atoms with Crippen LogP contribution in [0.3, 0.4) is 0 Å². The first-order valence-corrected chi connectivity index (χ1v) is 11.0. The lowest BCUT2D eigenvalue weighted by molar-refractivity contribution is 0.0939. The molecule has 4 rings (SSSR count). The molecule has 3 aromatic rings. The summed E-state index contributed by atoms with van der Waals surface area (Å²) in [6.45, 7) is 8.56. The van der Waals surface area contributed by atoms with Crippen molar-refractivity contribution in [3.05, 3.63) is 65.6 Å². The zero-order chi connectivity index (χ0) is 22.5. The lowest BCUT2D eigenvalue weighted by atomic mass is 10.1. The SMILES string of the molecule is COCCN1CCN(Cc2cn(-c3ccccc3C)nc2-c2ccc(OC)c(F)c2)CC1. The molecule has 7 heteroatoms. The highest BCUT2D eigenvalue weighted by Crippen LogP contribution is 2.29. The van der Waals surface area contributed by atoms with Crippen molar-refractivity contribution in [2.75, 3.05) is 53.6 Å². The molecule has 0 radical (unpaired) electrons. The molecule has 6 nitrogen and oxygen atoms in total. The van der Waals surface area contributed by atoms with Gasteiger partial charge in [-0.2, -0.15) is 5.10 Å². The van der Waals surface area contributed by atoms with Crippen LogP contribution in [0.4, 0.5) is 4.39 Å². The second kappa shape index (κ2) is 10.3. The third kappa shape index (κ3) is 5.01. The summed E-state index contributed by atoms with van der Waals surface area (Å²) in [5, 5.41) is 4.88. The smallest absolute Gasteiger partial charge is 0.165 e. The predicted molar refractivity (Wildman–Crippen MR) is 124 cm³/mol. The van der Waals surface area contributed by atoms with Crippen LogP contribution in [-0.2, 0) is 11.3 Å². The first kappa shape index (κ1) is 22.5. The summed E-state index contributed by atoms with van der Waals surface area (Å²) in [6, 6.07) is 13.2. The molecule has 0 N–H and O–H groups in total. The minimum Gasteiger partial charge on any atom is -0.494 e. The van der Waals surface area contributed by atoms with Crippen molar-refractivity contribution in [3.63, 3.8) is 0 Å². The number of ether oxygens (including phenoxy) is 2. The number of halogens is 1. The minimum atomic E-state index is -0.381. The van der Waals surface area contributed by atoms with E-state index in [0.29, 0.717) is 0 Å². The third-order valence-electron chi connectivity index (χ3n) is 6.05. The van der Waals surface area contributed by atoms with Crippen LogP contribution in [0.2, 0.25) is 0 Å². The molecule has 0 bridgehead atoms. The second-order valence-corrected chi connectivity index (χ2v) is 8.19. The first-order chi connectivity index (χ1) is 15.6. The lowest BCUT2D eigenvalue weighted by Crippen LogP contribution is -2.46. The van der Waals surface area contributed by atoms with Crippen LogP contribution in [0, 0.1) is 12.7 Å². The van der Waals surface area contributed by atoms with Crippen molar-refractivity contribution < 1.29 is 13.9 Å².